The van der Waals surface area contributed by atoms with E-state index in [1.807, 2.05) is 116 Å². The second-order valence-electron chi connectivity index (χ2n) is 13.7. The third-order valence-electron chi connectivity index (χ3n) is 10.1. The van der Waals surface area contributed by atoms with Crippen molar-refractivity contribution in [3.63, 3.8) is 0 Å². The number of fused-ring (bicyclic) bond motifs is 3. The van der Waals surface area contributed by atoms with Crippen molar-refractivity contribution in [2.45, 2.75) is 13.1 Å². The summed E-state index contributed by atoms with van der Waals surface area (Å²) in [6, 6.07) is 53.1. The molecule has 0 aliphatic carbocycles. The van der Waals surface area contributed by atoms with Crippen LogP contribution in [0.3, 0.4) is 0 Å². The van der Waals surface area contributed by atoms with Crippen molar-refractivity contribution in [3.05, 3.63) is 192 Å². The van der Waals surface area contributed by atoms with Crippen LogP contribution in [0.2, 0.25) is 0 Å². The van der Waals surface area contributed by atoms with Gasteiger partial charge in [-0.1, -0.05) is 127 Å². The van der Waals surface area contributed by atoms with Crippen LogP contribution < -0.4 is 0 Å². The Morgan fingerprint density at radius 2 is 1.07 bits per heavy atom. The fourth-order valence-electron chi connectivity index (χ4n) is 7.37. The summed E-state index contributed by atoms with van der Waals surface area (Å²) >= 11 is 0. The van der Waals surface area contributed by atoms with E-state index in [1.54, 1.807) is 18.2 Å². The molecule has 0 radical (unpaired) electrons. The standard InChI is InChI=1S/C49H31F3N4/c1-31-17-19-32(20-18-31)40-27-36(44-30-43(34-11-5-3-6-12-34)54-48(55-44)35-13-7-4-8-14-35)28-41(33-21-23-37(24-22-33)49(50,51)52)47(40)56-45-16-10-9-15-39(45)42-29-38(53-2)25-26-46(42)56/h3-30H,1H3. The van der Waals surface area contributed by atoms with Crippen LogP contribution in [0.4, 0.5) is 18.9 Å². The minimum absolute atomic E-state index is 0.518. The highest BCUT2D eigenvalue weighted by atomic mass is 19.4. The quantitative estimate of drug-likeness (QED) is 0.160. The summed E-state index contributed by atoms with van der Waals surface area (Å²) in [5, 5.41) is 1.86. The molecule has 0 aliphatic heterocycles. The maximum absolute atomic E-state index is 14.0. The largest absolute Gasteiger partial charge is 0.416 e. The molecule has 0 bridgehead atoms. The molecule has 0 fully saturated rings. The van der Waals surface area contributed by atoms with Crippen molar-refractivity contribution < 1.29 is 13.2 Å². The summed E-state index contributed by atoms with van der Waals surface area (Å²) in [7, 11) is 0. The summed E-state index contributed by atoms with van der Waals surface area (Å²) < 4.78 is 44.0. The lowest BCUT2D eigenvalue weighted by molar-refractivity contribution is -0.137. The summed E-state index contributed by atoms with van der Waals surface area (Å²) in [6.45, 7) is 9.78. The monoisotopic (exact) mass is 732 g/mol. The molecule has 56 heavy (non-hydrogen) atoms. The molecule has 9 rings (SSSR count). The molecule has 2 heterocycles. The Balaban J connectivity index is 1.41. The van der Waals surface area contributed by atoms with E-state index in [-0.39, 0.29) is 0 Å². The fourth-order valence-corrected chi connectivity index (χ4v) is 7.37. The number of benzene rings is 7. The highest BCUT2D eigenvalue weighted by molar-refractivity contribution is 6.11. The predicted molar refractivity (Wildman–Crippen MR) is 220 cm³/mol. The Morgan fingerprint density at radius 1 is 0.518 bits per heavy atom. The fraction of sp³-hybridized carbons (Fsp3) is 0.0408. The zero-order valence-corrected chi connectivity index (χ0v) is 30.1. The molecular weight excluding hydrogens is 702 g/mol. The third-order valence-corrected chi connectivity index (χ3v) is 10.1. The van der Waals surface area contributed by atoms with Crippen LogP contribution in [-0.2, 0) is 6.18 Å². The molecule has 0 N–H and O–H groups in total. The number of halogens is 3. The zero-order valence-electron chi connectivity index (χ0n) is 30.1. The summed E-state index contributed by atoms with van der Waals surface area (Å²) in [5.41, 5.74) is 10.5. The molecule has 7 heteroatoms. The predicted octanol–water partition coefficient (Wildman–Crippen LogP) is 13.8. The van der Waals surface area contributed by atoms with E-state index < -0.39 is 11.7 Å². The number of para-hydroxylation sites is 1. The van der Waals surface area contributed by atoms with E-state index in [9.17, 15) is 13.2 Å². The van der Waals surface area contributed by atoms with Crippen LogP contribution in [0.5, 0.6) is 0 Å². The van der Waals surface area contributed by atoms with E-state index in [1.165, 1.54) is 0 Å². The number of nitrogens with zero attached hydrogens (tertiary/aromatic N) is 4. The molecule has 4 nitrogen and oxygen atoms in total. The molecule has 0 saturated carbocycles. The van der Waals surface area contributed by atoms with Crippen molar-refractivity contribution in [2.75, 3.05) is 0 Å². The summed E-state index contributed by atoms with van der Waals surface area (Å²) in [4.78, 5) is 13.9. The normalized spacial score (nSPS) is 11.6. The molecule has 0 amide bonds. The van der Waals surface area contributed by atoms with Crippen LogP contribution >= 0.6 is 0 Å². The van der Waals surface area contributed by atoms with Crippen molar-refractivity contribution >= 4 is 27.5 Å². The first-order chi connectivity index (χ1) is 27.2. The van der Waals surface area contributed by atoms with Crippen molar-refractivity contribution in [2.24, 2.45) is 0 Å². The van der Waals surface area contributed by atoms with E-state index in [0.717, 1.165) is 78.7 Å². The molecule has 268 valence electrons. The molecule has 9 aromatic rings. The summed E-state index contributed by atoms with van der Waals surface area (Å²) in [5.74, 6) is 0.553. The van der Waals surface area contributed by atoms with Gasteiger partial charge in [-0.05, 0) is 72.0 Å². The second-order valence-corrected chi connectivity index (χ2v) is 13.7. The van der Waals surface area contributed by atoms with E-state index in [0.29, 0.717) is 28.3 Å². The number of rotatable bonds is 6. The first-order valence-corrected chi connectivity index (χ1v) is 18.1. The van der Waals surface area contributed by atoms with Gasteiger partial charge >= 0.3 is 6.18 Å². The van der Waals surface area contributed by atoms with Gasteiger partial charge in [0, 0.05) is 33.2 Å². The van der Waals surface area contributed by atoms with Gasteiger partial charge in [-0.3, -0.25) is 0 Å². The smallest absolute Gasteiger partial charge is 0.308 e. The second kappa shape index (κ2) is 13.8. The number of alkyl halides is 3. The van der Waals surface area contributed by atoms with Gasteiger partial charge in [-0.25, -0.2) is 14.8 Å². The van der Waals surface area contributed by atoms with Crippen LogP contribution in [-0.4, -0.2) is 14.5 Å². The molecule has 0 atom stereocenters. The molecule has 0 aliphatic rings. The van der Waals surface area contributed by atoms with E-state index in [4.69, 9.17) is 16.5 Å². The molecule has 7 aromatic carbocycles. The van der Waals surface area contributed by atoms with Gasteiger partial charge in [0.25, 0.3) is 0 Å². The number of hydrogen-bond donors (Lipinski definition) is 0. The Hall–Kier alpha value is -7.30. The maximum atomic E-state index is 14.0. The van der Waals surface area contributed by atoms with Crippen LogP contribution in [0, 0.1) is 13.5 Å². The van der Waals surface area contributed by atoms with Crippen molar-refractivity contribution in [3.8, 4) is 61.8 Å². The van der Waals surface area contributed by atoms with Gasteiger partial charge in [0.05, 0.1) is 40.2 Å². The van der Waals surface area contributed by atoms with Crippen molar-refractivity contribution in [1.82, 2.24) is 14.5 Å². The number of aromatic nitrogens is 3. The lowest BCUT2D eigenvalue weighted by Gasteiger charge is -2.22. The molecule has 0 saturated heterocycles. The third kappa shape index (κ3) is 6.27. The Labute approximate surface area is 321 Å². The van der Waals surface area contributed by atoms with E-state index >= 15 is 0 Å². The molecule has 2 aromatic heterocycles. The Morgan fingerprint density at radius 3 is 1.70 bits per heavy atom. The summed E-state index contributed by atoms with van der Waals surface area (Å²) in [6.07, 6.45) is -4.49. The minimum Gasteiger partial charge on any atom is -0.308 e. The van der Waals surface area contributed by atoms with Gasteiger partial charge in [-0.15, -0.1) is 0 Å². The van der Waals surface area contributed by atoms with Crippen LogP contribution in [0.15, 0.2) is 170 Å². The van der Waals surface area contributed by atoms with Gasteiger partial charge in [0.1, 0.15) is 0 Å². The van der Waals surface area contributed by atoms with Crippen molar-refractivity contribution in [1.29, 1.82) is 0 Å². The topological polar surface area (TPSA) is 35.1 Å². The average molecular weight is 733 g/mol. The number of aryl methyl sites for hydroxylation is 1. The molecule has 0 unspecified atom stereocenters. The molecular formula is C49H31F3N4. The first-order valence-electron chi connectivity index (χ1n) is 18.1. The van der Waals surface area contributed by atoms with Gasteiger partial charge < -0.3 is 4.57 Å². The maximum Gasteiger partial charge on any atom is 0.416 e. The zero-order chi connectivity index (χ0) is 38.4. The van der Waals surface area contributed by atoms with Crippen LogP contribution in [0.1, 0.15) is 11.1 Å². The Kier molecular flexibility index (Phi) is 8.52. The van der Waals surface area contributed by atoms with Gasteiger partial charge in [0.15, 0.2) is 11.5 Å². The first kappa shape index (κ1) is 34.5. The highest BCUT2D eigenvalue weighted by Crippen LogP contribution is 2.45. The Bertz CT molecular complexity index is 2890. The average Bonchev–Trinajstić information content (AvgIpc) is 3.57. The minimum atomic E-state index is -4.49. The van der Waals surface area contributed by atoms with E-state index in [2.05, 4.69) is 39.7 Å². The lowest BCUT2D eigenvalue weighted by Crippen LogP contribution is -2.05. The highest BCUT2D eigenvalue weighted by Gasteiger charge is 2.30. The SMILES string of the molecule is [C-]#[N+]c1ccc2c(c1)c1ccccc1n2-c1c(-c2ccc(C)cc2)cc(-c2cc(-c3ccccc3)nc(-c3ccccc3)n2)cc1-c1ccc(C(F)(F)F)cc1. The van der Waals surface area contributed by atoms with Gasteiger partial charge in [0.2, 0.25) is 0 Å². The number of hydrogen-bond acceptors (Lipinski definition) is 2. The lowest BCUT2D eigenvalue weighted by atomic mass is 9.91. The van der Waals surface area contributed by atoms with Gasteiger partial charge in [-0.2, -0.15) is 13.2 Å². The molecule has 0 spiro atoms. The van der Waals surface area contributed by atoms with Crippen LogP contribution in [0.25, 0.3) is 88.5 Å².